The lowest BCUT2D eigenvalue weighted by Crippen LogP contribution is -2.36. The summed E-state index contributed by atoms with van der Waals surface area (Å²) in [6, 6.07) is 0.182. The number of aromatic nitrogens is 5. The van der Waals surface area contributed by atoms with Gasteiger partial charge in [0.25, 0.3) is 0 Å². The second-order valence-electron chi connectivity index (χ2n) is 5.67. The fraction of sp³-hybridized carbons (Fsp3) is 0.571. The van der Waals surface area contributed by atoms with Gasteiger partial charge in [0, 0.05) is 20.1 Å². The molecule has 0 aliphatic carbocycles. The Morgan fingerprint density at radius 1 is 1.52 bits per heavy atom. The van der Waals surface area contributed by atoms with E-state index in [4.69, 9.17) is 11.6 Å². The van der Waals surface area contributed by atoms with Crippen LogP contribution >= 0.6 is 11.6 Å². The molecule has 0 spiro atoms. The molecular weight excluding hydrogens is 320 g/mol. The summed E-state index contributed by atoms with van der Waals surface area (Å²) >= 11 is 6.18. The van der Waals surface area contributed by atoms with Crippen molar-refractivity contribution in [3.63, 3.8) is 0 Å². The molecule has 0 radical (unpaired) electrons. The molecule has 3 rings (SSSR count). The summed E-state index contributed by atoms with van der Waals surface area (Å²) < 4.78 is 8.22. The quantitative estimate of drug-likeness (QED) is 0.782. The van der Waals surface area contributed by atoms with E-state index < -0.39 is 5.97 Å². The first kappa shape index (κ1) is 15.9. The van der Waals surface area contributed by atoms with E-state index in [1.54, 1.807) is 21.8 Å². The van der Waals surface area contributed by atoms with Crippen molar-refractivity contribution >= 4 is 17.6 Å². The van der Waals surface area contributed by atoms with Gasteiger partial charge in [0.1, 0.15) is 0 Å². The highest BCUT2D eigenvalue weighted by molar-refractivity contribution is 6.31. The fourth-order valence-electron chi connectivity index (χ4n) is 2.87. The zero-order chi connectivity index (χ0) is 16.4. The van der Waals surface area contributed by atoms with Crippen LogP contribution in [0, 0.1) is 0 Å². The number of hydrogen-bond acceptors (Lipinski definition) is 6. The summed E-state index contributed by atoms with van der Waals surface area (Å²) in [7, 11) is 3.23. The SMILES string of the molecule is COC(=O)c1cn([C@H]2CCCN(Cc3c(Cl)cnn3C)C2)nn1. The Hall–Kier alpha value is -1.93. The van der Waals surface area contributed by atoms with Crippen LogP contribution in [-0.4, -0.2) is 55.8 Å². The van der Waals surface area contributed by atoms with Crippen molar-refractivity contribution < 1.29 is 9.53 Å². The first-order valence-electron chi connectivity index (χ1n) is 7.47. The third kappa shape index (κ3) is 3.37. The number of aryl methyl sites for hydroxylation is 1. The lowest BCUT2D eigenvalue weighted by molar-refractivity contribution is 0.0594. The summed E-state index contributed by atoms with van der Waals surface area (Å²) in [4.78, 5) is 13.8. The minimum atomic E-state index is -0.467. The van der Waals surface area contributed by atoms with Gasteiger partial charge in [-0.15, -0.1) is 5.10 Å². The molecule has 3 heterocycles. The van der Waals surface area contributed by atoms with Crippen LogP contribution in [0.4, 0.5) is 0 Å². The summed E-state index contributed by atoms with van der Waals surface area (Å²) in [6.07, 6.45) is 5.36. The Morgan fingerprint density at radius 2 is 2.35 bits per heavy atom. The number of carbonyl (C=O) groups excluding carboxylic acids is 1. The third-order valence-electron chi connectivity index (χ3n) is 4.14. The number of likely N-dealkylation sites (tertiary alicyclic amines) is 1. The second-order valence-corrected chi connectivity index (χ2v) is 6.08. The smallest absolute Gasteiger partial charge is 0.360 e. The zero-order valence-electron chi connectivity index (χ0n) is 13.1. The Morgan fingerprint density at radius 3 is 3.04 bits per heavy atom. The van der Waals surface area contributed by atoms with Crippen LogP contribution in [0.3, 0.4) is 0 Å². The Balaban J connectivity index is 1.68. The molecule has 0 N–H and O–H groups in total. The van der Waals surface area contributed by atoms with Gasteiger partial charge in [-0.2, -0.15) is 5.10 Å². The van der Waals surface area contributed by atoms with Crippen LogP contribution in [0.25, 0.3) is 0 Å². The van der Waals surface area contributed by atoms with Gasteiger partial charge < -0.3 is 4.74 Å². The number of piperidine rings is 1. The van der Waals surface area contributed by atoms with Gasteiger partial charge in [-0.25, -0.2) is 9.48 Å². The number of esters is 1. The third-order valence-corrected chi connectivity index (χ3v) is 4.46. The predicted octanol–water partition coefficient (Wildman–Crippen LogP) is 1.29. The predicted molar refractivity (Wildman–Crippen MR) is 83.1 cm³/mol. The van der Waals surface area contributed by atoms with Crippen molar-refractivity contribution in [1.29, 1.82) is 0 Å². The monoisotopic (exact) mass is 338 g/mol. The molecule has 0 bridgehead atoms. The standard InChI is InChI=1S/C14H19ClN6O2/c1-19-13(11(15)6-16-19)9-20-5-3-4-10(7-20)21-8-12(17-18-21)14(22)23-2/h6,8,10H,3-5,7,9H2,1-2H3/t10-/m0/s1. The molecule has 1 aliphatic rings. The second kappa shape index (κ2) is 6.67. The molecule has 8 nitrogen and oxygen atoms in total. The molecule has 0 aromatic carbocycles. The maximum atomic E-state index is 11.5. The molecule has 2 aromatic rings. The lowest BCUT2D eigenvalue weighted by atomic mass is 10.1. The average Bonchev–Trinajstić information content (AvgIpc) is 3.17. The molecule has 1 saturated heterocycles. The van der Waals surface area contributed by atoms with Crippen LogP contribution in [0.1, 0.15) is 35.1 Å². The van der Waals surface area contributed by atoms with E-state index in [1.165, 1.54) is 7.11 Å². The maximum absolute atomic E-state index is 11.5. The molecule has 0 saturated carbocycles. The van der Waals surface area contributed by atoms with E-state index in [1.807, 2.05) is 7.05 Å². The van der Waals surface area contributed by atoms with Crippen LogP contribution in [0.15, 0.2) is 12.4 Å². The van der Waals surface area contributed by atoms with E-state index in [-0.39, 0.29) is 11.7 Å². The number of methoxy groups -OCH3 is 1. The van der Waals surface area contributed by atoms with E-state index in [9.17, 15) is 4.79 Å². The first-order valence-corrected chi connectivity index (χ1v) is 7.85. The maximum Gasteiger partial charge on any atom is 0.360 e. The van der Waals surface area contributed by atoms with Crippen molar-refractivity contribution in [2.45, 2.75) is 25.4 Å². The van der Waals surface area contributed by atoms with Gasteiger partial charge in [0.05, 0.1) is 36.3 Å². The molecule has 1 fully saturated rings. The highest BCUT2D eigenvalue weighted by atomic mass is 35.5. The van der Waals surface area contributed by atoms with Gasteiger partial charge in [-0.05, 0) is 19.4 Å². The summed E-state index contributed by atoms with van der Waals surface area (Å²) in [5, 5.41) is 12.8. The van der Waals surface area contributed by atoms with Crippen LogP contribution in [-0.2, 0) is 18.3 Å². The molecule has 1 aliphatic heterocycles. The zero-order valence-corrected chi connectivity index (χ0v) is 13.9. The molecule has 0 amide bonds. The first-order chi connectivity index (χ1) is 11.1. The van der Waals surface area contributed by atoms with Gasteiger partial charge in [0.2, 0.25) is 0 Å². The molecule has 2 aromatic heterocycles. The van der Waals surface area contributed by atoms with Crippen molar-refractivity contribution in [1.82, 2.24) is 29.7 Å². The number of ether oxygens (including phenoxy) is 1. The highest BCUT2D eigenvalue weighted by Crippen LogP contribution is 2.24. The minimum Gasteiger partial charge on any atom is -0.464 e. The molecular formula is C14H19ClN6O2. The minimum absolute atomic E-state index is 0.182. The van der Waals surface area contributed by atoms with Gasteiger partial charge in [0.15, 0.2) is 5.69 Å². The number of carbonyl (C=O) groups is 1. The summed E-state index contributed by atoms with van der Waals surface area (Å²) in [5.74, 6) is -0.467. The van der Waals surface area contributed by atoms with E-state index in [0.29, 0.717) is 5.02 Å². The number of nitrogens with zero attached hydrogens (tertiary/aromatic N) is 6. The van der Waals surface area contributed by atoms with Crippen molar-refractivity contribution in [3.05, 3.63) is 28.8 Å². The Labute approximate surface area is 139 Å². The average molecular weight is 339 g/mol. The van der Waals surface area contributed by atoms with E-state index >= 15 is 0 Å². The summed E-state index contributed by atoms with van der Waals surface area (Å²) in [5.41, 5.74) is 1.24. The Bertz CT molecular complexity index is 678. The number of rotatable bonds is 4. The topological polar surface area (TPSA) is 78.1 Å². The van der Waals surface area contributed by atoms with Gasteiger partial charge in [-0.1, -0.05) is 16.8 Å². The molecule has 9 heteroatoms. The normalized spacial score (nSPS) is 19.0. The molecule has 1 atom stereocenters. The number of hydrogen-bond donors (Lipinski definition) is 0. The lowest BCUT2D eigenvalue weighted by Gasteiger charge is -2.32. The van der Waals surface area contributed by atoms with Crippen LogP contribution in [0.2, 0.25) is 5.02 Å². The number of halogens is 1. The van der Waals surface area contributed by atoms with E-state index in [0.717, 1.165) is 38.2 Å². The highest BCUT2D eigenvalue weighted by Gasteiger charge is 2.24. The van der Waals surface area contributed by atoms with Crippen molar-refractivity contribution in [2.24, 2.45) is 7.05 Å². The molecule has 23 heavy (non-hydrogen) atoms. The Kier molecular flexibility index (Phi) is 4.63. The van der Waals surface area contributed by atoms with Crippen molar-refractivity contribution in [2.75, 3.05) is 20.2 Å². The van der Waals surface area contributed by atoms with E-state index in [2.05, 4.69) is 25.0 Å². The molecule has 124 valence electrons. The fourth-order valence-corrected chi connectivity index (χ4v) is 3.10. The molecule has 0 unspecified atom stereocenters. The largest absolute Gasteiger partial charge is 0.464 e. The van der Waals surface area contributed by atoms with Gasteiger partial charge in [-0.3, -0.25) is 9.58 Å². The van der Waals surface area contributed by atoms with Crippen molar-refractivity contribution in [3.8, 4) is 0 Å². The van der Waals surface area contributed by atoms with Gasteiger partial charge >= 0.3 is 5.97 Å². The van der Waals surface area contributed by atoms with Crippen LogP contribution < -0.4 is 0 Å². The van der Waals surface area contributed by atoms with Crippen LogP contribution in [0.5, 0.6) is 0 Å². The summed E-state index contributed by atoms with van der Waals surface area (Å²) in [6.45, 7) is 2.56.